The first-order valence-corrected chi connectivity index (χ1v) is 9.39. The van der Waals surface area contributed by atoms with Gasteiger partial charge in [-0.3, -0.25) is 4.79 Å². The SMILES string of the molecule is CCO[C@H]1C[C@@H](N(C)C(=O)c2nnn(C3CCNCC3)c2C)C1(C)C. The van der Waals surface area contributed by atoms with E-state index in [4.69, 9.17) is 4.74 Å². The number of hydrogen-bond donors (Lipinski definition) is 1. The molecular weight excluding hydrogens is 318 g/mol. The second kappa shape index (κ2) is 7.03. The molecule has 0 bridgehead atoms. The molecule has 3 rings (SSSR count). The standard InChI is InChI=1S/C18H31N5O2/c1-6-25-15-11-14(18(15,3)4)22(5)17(24)16-12(2)23(21-20-16)13-7-9-19-10-8-13/h13-15,19H,6-11H2,1-5H3/t14-,15+/m1/s1. The number of aromatic nitrogens is 3. The molecule has 0 radical (unpaired) electrons. The van der Waals surface area contributed by atoms with E-state index in [9.17, 15) is 4.79 Å². The van der Waals surface area contributed by atoms with Gasteiger partial charge in [0.2, 0.25) is 0 Å². The van der Waals surface area contributed by atoms with Crippen LogP contribution in [0.25, 0.3) is 0 Å². The molecule has 0 unspecified atom stereocenters. The number of amides is 1. The molecule has 25 heavy (non-hydrogen) atoms. The van der Waals surface area contributed by atoms with Crippen LogP contribution in [-0.4, -0.2) is 64.7 Å². The van der Waals surface area contributed by atoms with Crippen molar-refractivity contribution in [3.8, 4) is 0 Å². The second-order valence-electron chi connectivity index (χ2n) is 7.88. The monoisotopic (exact) mass is 349 g/mol. The van der Waals surface area contributed by atoms with Gasteiger partial charge in [-0.05, 0) is 46.2 Å². The van der Waals surface area contributed by atoms with Gasteiger partial charge in [-0.15, -0.1) is 5.10 Å². The summed E-state index contributed by atoms with van der Waals surface area (Å²) in [5, 5.41) is 11.9. The molecule has 7 nitrogen and oxygen atoms in total. The van der Waals surface area contributed by atoms with Crippen LogP contribution in [0.4, 0.5) is 0 Å². The fraction of sp³-hybridized carbons (Fsp3) is 0.833. The van der Waals surface area contributed by atoms with Crippen molar-refractivity contribution < 1.29 is 9.53 Å². The maximum atomic E-state index is 13.0. The van der Waals surface area contributed by atoms with Gasteiger partial charge in [-0.2, -0.15) is 0 Å². The van der Waals surface area contributed by atoms with Gasteiger partial charge in [0.15, 0.2) is 5.69 Å². The van der Waals surface area contributed by atoms with Crippen LogP contribution in [0.2, 0.25) is 0 Å². The Bertz CT molecular complexity index is 621. The lowest BCUT2D eigenvalue weighted by Gasteiger charge is -2.54. The third-order valence-electron chi connectivity index (χ3n) is 6.07. The number of piperidine rings is 1. The minimum absolute atomic E-state index is 0.0364. The predicted octanol–water partition coefficient (Wildman–Crippen LogP) is 1.79. The molecule has 2 aliphatic rings. The third kappa shape index (κ3) is 3.19. The number of carbonyl (C=O) groups is 1. The largest absolute Gasteiger partial charge is 0.378 e. The van der Waals surface area contributed by atoms with E-state index in [1.54, 1.807) is 0 Å². The Morgan fingerprint density at radius 3 is 2.68 bits per heavy atom. The molecule has 1 saturated carbocycles. The first-order valence-electron chi connectivity index (χ1n) is 9.39. The molecule has 0 spiro atoms. The molecule has 7 heteroatoms. The molecule has 1 saturated heterocycles. The molecule has 2 atom stereocenters. The summed E-state index contributed by atoms with van der Waals surface area (Å²) in [5.74, 6) is -0.0364. The lowest BCUT2D eigenvalue weighted by atomic mass is 9.63. The van der Waals surface area contributed by atoms with Crippen LogP contribution in [0.5, 0.6) is 0 Å². The number of nitrogens with one attached hydrogen (secondary N) is 1. The van der Waals surface area contributed by atoms with Gasteiger partial charge in [-0.25, -0.2) is 4.68 Å². The summed E-state index contributed by atoms with van der Waals surface area (Å²) < 4.78 is 7.73. The molecule has 1 N–H and O–H groups in total. The van der Waals surface area contributed by atoms with Crippen molar-refractivity contribution in [2.45, 2.75) is 65.1 Å². The predicted molar refractivity (Wildman–Crippen MR) is 95.6 cm³/mol. The molecule has 0 aromatic carbocycles. The second-order valence-corrected chi connectivity index (χ2v) is 7.88. The van der Waals surface area contributed by atoms with Crippen molar-refractivity contribution in [2.75, 3.05) is 26.7 Å². The van der Waals surface area contributed by atoms with Gasteiger partial charge in [0, 0.05) is 25.1 Å². The number of ether oxygens (including phenoxy) is 1. The van der Waals surface area contributed by atoms with Crippen molar-refractivity contribution in [3.05, 3.63) is 11.4 Å². The van der Waals surface area contributed by atoms with Crippen molar-refractivity contribution >= 4 is 5.91 Å². The fourth-order valence-electron chi connectivity index (χ4n) is 4.25. The van der Waals surface area contributed by atoms with E-state index in [-0.39, 0.29) is 23.5 Å². The van der Waals surface area contributed by atoms with E-state index in [1.807, 2.05) is 30.5 Å². The smallest absolute Gasteiger partial charge is 0.276 e. The maximum Gasteiger partial charge on any atom is 0.276 e. The number of rotatable bonds is 5. The number of hydrogen-bond acceptors (Lipinski definition) is 5. The Morgan fingerprint density at radius 1 is 1.40 bits per heavy atom. The van der Waals surface area contributed by atoms with Crippen LogP contribution >= 0.6 is 0 Å². The fourth-order valence-corrected chi connectivity index (χ4v) is 4.25. The van der Waals surface area contributed by atoms with E-state index in [0.29, 0.717) is 18.3 Å². The average molecular weight is 349 g/mol. The van der Waals surface area contributed by atoms with Gasteiger partial charge < -0.3 is 15.0 Å². The first-order chi connectivity index (χ1) is 11.9. The Balaban J connectivity index is 1.72. The molecule has 1 amide bonds. The first kappa shape index (κ1) is 18.3. The summed E-state index contributed by atoms with van der Waals surface area (Å²) >= 11 is 0. The van der Waals surface area contributed by atoms with Crippen LogP contribution in [0.15, 0.2) is 0 Å². The zero-order chi connectivity index (χ0) is 18.2. The lowest BCUT2D eigenvalue weighted by Crippen LogP contribution is -2.62. The molecule has 1 aliphatic heterocycles. The zero-order valence-corrected chi connectivity index (χ0v) is 16.1. The number of nitrogens with zero attached hydrogens (tertiary/aromatic N) is 4. The summed E-state index contributed by atoms with van der Waals surface area (Å²) in [4.78, 5) is 14.8. The summed E-state index contributed by atoms with van der Waals surface area (Å²) in [6.07, 6.45) is 3.15. The van der Waals surface area contributed by atoms with E-state index in [1.165, 1.54) is 0 Å². The summed E-state index contributed by atoms with van der Waals surface area (Å²) in [6.45, 7) is 11.0. The van der Waals surface area contributed by atoms with Crippen LogP contribution in [0.3, 0.4) is 0 Å². The minimum atomic E-state index is -0.0423. The van der Waals surface area contributed by atoms with Crippen molar-refractivity contribution in [1.29, 1.82) is 0 Å². The number of carbonyl (C=O) groups excluding carboxylic acids is 1. The van der Waals surface area contributed by atoms with Crippen LogP contribution in [-0.2, 0) is 4.74 Å². The van der Waals surface area contributed by atoms with E-state index >= 15 is 0 Å². The molecular formula is C18H31N5O2. The van der Waals surface area contributed by atoms with Crippen LogP contribution < -0.4 is 5.32 Å². The van der Waals surface area contributed by atoms with E-state index in [0.717, 1.165) is 38.0 Å². The Kier molecular flexibility index (Phi) is 5.16. The van der Waals surface area contributed by atoms with Gasteiger partial charge in [0.25, 0.3) is 5.91 Å². The van der Waals surface area contributed by atoms with Gasteiger partial charge >= 0.3 is 0 Å². The summed E-state index contributed by atoms with van der Waals surface area (Å²) in [7, 11) is 1.87. The Labute approximate surface area is 150 Å². The third-order valence-corrected chi connectivity index (χ3v) is 6.07. The normalized spacial score (nSPS) is 26.3. The molecule has 140 valence electrons. The Hall–Kier alpha value is -1.47. The van der Waals surface area contributed by atoms with Gasteiger partial charge in [0.05, 0.1) is 17.8 Å². The highest BCUT2D eigenvalue weighted by Crippen LogP contribution is 2.45. The quantitative estimate of drug-likeness (QED) is 0.877. The lowest BCUT2D eigenvalue weighted by molar-refractivity contribution is -0.136. The molecule has 2 heterocycles. The van der Waals surface area contributed by atoms with Crippen molar-refractivity contribution in [1.82, 2.24) is 25.2 Å². The molecule has 2 fully saturated rings. The maximum absolute atomic E-state index is 13.0. The van der Waals surface area contributed by atoms with Crippen molar-refractivity contribution in [3.63, 3.8) is 0 Å². The highest BCUT2D eigenvalue weighted by Gasteiger charge is 2.52. The van der Waals surface area contributed by atoms with E-state index in [2.05, 4.69) is 29.5 Å². The van der Waals surface area contributed by atoms with Crippen LogP contribution in [0, 0.1) is 12.3 Å². The molecule has 1 aliphatic carbocycles. The van der Waals surface area contributed by atoms with Crippen LogP contribution in [0.1, 0.15) is 62.3 Å². The van der Waals surface area contributed by atoms with Gasteiger partial charge in [-0.1, -0.05) is 19.1 Å². The van der Waals surface area contributed by atoms with E-state index < -0.39 is 0 Å². The topological polar surface area (TPSA) is 72.3 Å². The summed E-state index contributed by atoms with van der Waals surface area (Å²) in [6, 6.07) is 0.503. The molecule has 1 aromatic rings. The van der Waals surface area contributed by atoms with Crippen molar-refractivity contribution in [2.24, 2.45) is 5.41 Å². The molecule has 1 aromatic heterocycles. The highest BCUT2D eigenvalue weighted by atomic mass is 16.5. The highest BCUT2D eigenvalue weighted by molar-refractivity contribution is 5.93. The average Bonchev–Trinajstić information content (AvgIpc) is 2.99. The Morgan fingerprint density at radius 2 is 2.08 bits per heavy atom. The zero-order valence-electron chi connectivity index (χ0n) is 16.1. The van der Waals surface area contributed by atoms with Gasteiger partial charge in [0.1, 0.15) is 0 Å². The minimum Gasteiger partial charge on any atom is -0.378 e. The summed E-state index contributed by atoms with van der Waals surface area (Å²) in [5.41, 5.74) is 1.32.